The van der Waals surface area contributed by atoms with Gasteiger partial charge >= 0.3 is 0 Å². The van der Waals surface area contributed by atoms with Gasteiger partial charge in [-0.25, -0.2) is 9.66 Å². The summed E-state index contributed by atoms with van der Waals surface area (Å²) < 4.78 is 3.31. The summed E-state index contributed by atoms with van der Waals surface area (Å²) >= 11 is 9.94. The Kier molecular flexibility index (Phi) is 4.19. The molecule has 3 rings (SSSR count). The Hall–Kier alpha value is -0.740. The summed E-state index contributed by atoms with van der Waals surface area (Å²) in [6, 6.07) is 7.27. The molecule has 1 saturated heterocycles. The topological polar surface area (TPSA) is 21.1 Å². The van der Waals surface area contributed by atoms with Gasteiger partial charge in [-0.15, -0.1) is 11.6 Å². The fraction of sp³-hybridized carbons (Fsp3) is 0.562. The van der Waals surface area contributed by atoms with Crippen LogP contribution in [0.2, 0.25) is 0 Å². The lowest BCUT2D eigenvalue weighted by Crippen LogP contribution is -2.51. The maximum Gasteiger partial charge on any atom is 0.146 e. The van der Waals surface area contributed by atoms with Crippen molar-refractivity contribution in [2.45, 2.75) is 57.5 Å². The molecule has 0 amide bonds. The van der Waals surface area contributed by atoms with Crippen LogP contribution in [0.4, 0.5) is 0 Å². The first-order chi connectivity index (χ1) is 9.99. The minimum Gasteiger partial charge on any atom is -0.305 e. The van der Waals surface area contributed by atoms with E-state index in [1.54, 1.807) is 0 Å². The quantitative estimate of drug-likeness (QED) is 0.694. The first-order valence-electron chi connectivity index (χ1n) is 7.59. The van der Waals surface area contributed by atoms with Gasteiger partial charge < -0.3 is 5.01 Å². The van der Waals surface area contributed by atoms with Gasteiger partial charge in [0.1, 0.15) is 5.82 Å². The Bertz CT molecular complexity index is 642. The summed E-state index contributed by atoms with van der Waals surface area (Å²) in [7, 11) is 0. The van der Waals surface area contributed by atoms with Crippen molar-refractivity contribution in [3.05, 3.63) is 28.5 Å². The SMILES string of the molecule is CC(Cl)c1nc2cc(Br)ccc2n1N1C(C)CCCC1C. The van der Waals surface area contributed by atoms with Gasteiger partial charge in [-0.2, -0.15) is 0 Å². The molecule has 5 heteroatoms. The number of fused-ring (bicyclic) bond motifs is 1. The van der Waals surface area contributed by atoms with Gasteiger partial charge in [0.05, 0.1) is 16.4 Å². The van der Waals surface area contributed by atoms with Crippen LogP contribution in [-0.4, -0.2) is 21.7 Å². The predicted molar refractivity (Wildman–Crippen MR) is 92.7 cm³/mol. The first kappa shape index (κ1) is 15.2. The molecule has 0 N–H and O–H groups in total. The molecule has 0 bridgehead atoms. The lowest BCUT2D eigenvalue weighted by Gasteiger charge is -2.42. The highest BCUT2D eigenvalue weighted by Crippen LogP contribution is 2.31. The van der Waals surface area contributed by atoms with E-state index in [4.69, 9.17) is 16.6 Å². The minimum atomic E-state index is -0.113. The van der Waals surface area contributed by atoms with Crippen LogP contribution in [0, 0.1) is 0 Å². The standard InChI is InChI=1S/C16H21BrClN3/c1-10-5-4-6-11(2)20(10)21-15-8-7-13(17)9-14(15)19-16(21)12(3)18/h7-12H,4-6H2,1-3H3. The Balaban J connectivity index is 2.21. The molecule has 0 saturated carbocycles. The van der Waals surface area contributed by atoms with Crippen LogP contribution in [0.3, 0.4) is 0 Å². The van der Waals surface area contributed by atoms with Crippen LogP contribution in [0.5, 0.6) is 0 Å². The van der Waals surface area contributed by atoms with Gasteiger partial charge in [-0.1, -0.05) is 15.9 Å². The van der Waals surface area contributed by atoms with E-state index >= 15 is 0 Å². The summed E-state index contributed by atoms with van der Waals surface area (Å²) in [5, 5.41) is 2.35. The van der Waals surface area contributed by atoms with Gasteiger partial charge in [0.15, 0.2) is 0 Å². The molecule has 3 unspecified atom stereocenters. The summed E-state index contributed by atoms with van der Waals surface area (Å²) in [5.74, 6) is 0.936. The maximum absolute atomic E-state index is 6.41. The third-order valence-corrected chi connectivity index (χ3v) is 5.04. The zero-order valence-electron chi connectivity index (χ0n) is 12.7. The van der Waals surface area contributed by atoms with Crippen LogP contribution in [0.1, 0.15) is 51.2 Å². The van der Waals surface area contributed by atoms with Gasteiger partial charge in [0, 0.05) is 16.6 Å². The number of nitrogens with zero attached hydrogens (tertiary/aromatic N) is 3. The molecule has 1 fully saturated rings. The Morgan fingerprint density at radius 3 is 2.57 bits per heavy atom. The summed E-state index contributed by atoms with van der Waals surface area (Å²) in [6.07, 6.45) is 3.73. The van der Waals surface area contributed by atoms with Crippen LogP contribution in [-0.2, 0) is 0 Å². The van der Waals surface area contributed by atoms with E-state index in [0.717, 1.165) is 21.3 Å². The van der Waals surface area contributed by atoms with Gasteiger partial charge in [0.25, 0.3) is 0 Å². The van der Waals surface area contributed by atoms with Crippen molar-refractivity contribution in [1.29, 1.82) is 0 Å². The van der Waals surface area contributed by atoms with Crippen LogP contribution in [0.15, 0.2) is 22.7 Å². The summed E-state index contributed by atoms with van der Waals surface area (Å²) in [4.78, 5) is 4.78. The molecule has 0 radical (unpaired) electrons. The molecule has 0 spiro atoms. The molecule has 1 aliphatic heterocycles. The molecular weight excluding hydrogens is 350 g/mol. The highest BCUT2D eigenvalue weighted by molar-refractivity contribution is 9.10. The second-order valence-corrected chi connectivity index (χ2v) is 7.61. The summed E-state index contributed by atoms with van der Waals surface area (Å²) in [5.41, 5.74) is 2.14. The van der Waals surface area contributed by atoms with Crippen molar-refractivity contribution in [3.8, 4) is 0 Å². The van der Waals surface area contributed by atoms with Crippen LogP contribution >= 0.6 is 27.5 Å². The zero-order valence-corrected chi connectivity index (χ0v) is 15.0. The fourth-order valence-corrected chi connectivity index (χ4v) is 3.85. The molecule has 3 atom stereocenters. The summed E-state index contributed by atoms with van der Waals surface area (Å²) in [6.45, 7) is 6.58. The van der Waals surface area contributed by atoms with E-state index in [9.17, 15) is 0 Å². The average Bonchev–Trinajstić information content (AvgIpc) is 2.77. The second-order valence-electron chi connectivity index (χ2n) is 6.04. The highest BCUT2D eigenvalue weighted by atomic mass is 79.9. The smallest absolute Gasteiger partial charge is 0.146 e. The monoisotopic (exact) mass is 369 g/mol. The Morgan fingerprint density at radius 2 is 1.95 bits per heavy atom. The molecule has 1 aromatic heterocycles. The Morgan fingerprint density at radius 1 is 1.29 bits per heavy atom. The second kappa shape index (κ2) is 5.81. The van der Waals surface area contributed by atoms with Gasteiger partial charge in [-0.3, -0.25) is 0 Å². The number of rotatable bonds is 2. The molecule has 2 aromatic rings. The minimum absolute atomic E-state index is 0.113. The lowest BCUT2D eigenvalue weighted by atomic mass is 10.00. The first-order valence-corrected chi connectivity index (χ1v) is 8.82. The molecule has 1 aliphatic rings. The van der Waals surface area contributed by atoms with Crippen molar-refractivity contribution < 1.29 is 0 Å². The van der Waals surface area contributed by atoms with Crippen LogP contribution < -0.4 is 5.01 Å². The number of hydrogen-bond donors (Lipinski definition) is 0. The number of imidazole rings is 1. The molecule has 114 valence electrons. The van der Waals surface area contributed by atoms with Crippen LogP contribution in [0.25, 0.3) is 11.0 Å². The number of aromatic nitrogens is 2. The number of piperidine rings is 1. The molecule has 1 aromatic carbocycles. The number of benzene rings is 1. The van der Waals surface area contributed by atoms with Crippen molar-refractivity contribution in [2.24, 2.45) is 0 Å². The predicted octanol–water partition coefficient (Wildman–Crippen LogP) is 5.00. The lowest BCUT2D eigenvalue weighted by molar-refractivity contribution is 0.335. The largest absolute Gasteiger partial charge is 0.305 e. The van der Waals surface area contributed by atoms with Gasteiger partial charge in [0.2, 0.25) is 0 Å². The number of halogens is 2. The molecule has 2 heterocycles. The molecular formula is C16H21BrClN3. The normalized spacial score (nSPS) is 24.5. The fourth-order valence-electron chi connectivity index (χ4n) is 3.36. The van der Waals surface area contributed by atoms with Crippen molar-refractivity contribution in [1.82, 2.24) is 9.66 Å². The molecule has 0 aliphatic carbocycles. The number of hydrogen-bond acceptors (Lipinski definition) is 2. The maximum atomic E-state index is 6.41. The molecule has 3 nitrogen and oxygen atoms in total. The number of alkyl halides is 1. The van der Waals surface area contributed by atoms with Crippen molar-refractivity contribution in [3.63, 3.8) is 0 Å². The van der Waals surface area contributed by atoms with E-state index in [1.165, 1.54) is 19.3 Å². The third-order valence-electron chi connectivity index (χ3n) is 4.35. The van der Waals surface area contributed by atoms with E-state index in [0.29, 0.717) is 12.1 Å². The Labute approximate surface area is 139 Å². The van der Waals surface area contributed by atoms with E-state index in [1.807, 2.05) is 6.92 Å². The van der Waals surface area contributed by atoms with Gasteiger partial charge in [-0.05, 0) is 58.2 Å². The average molecular weight is 371 g/mol. The van der Waals surface area contributed by atoms with E-state index in [2.05, 4.69) is 57.7 Å². The van der Waals surface area contributed by atoms with E-state index in [-0.39, 0.29) is 5.38 Å². The van der Waals surface area contributed by atoms with Crippen molar-refractivity contribution in [2.75, 3.05) is 5.01 Å². The zero-order chi connectivity index (χ0) is 15.1. The van der Waals surface area contributed by atoms with Crippen molar-refractivity contribution >= 4 is 38.6 Å². The third kappa shape index (κ3) is 2.68. The van der Waals surface area contributed by atoms with E-state index < -0.39 is 0 Å². The highest BCUT2D eigenvalue weighted by Gasteiger charge is 2.29. The molecule has 21 heavy (non-hydrogen) atoms.